The Hall–Kier alpha value is -0.650. The van der Waals surface area contributed by atoms with Crippen molar-refractivity contribution in [2.45, 2.75) is 64.1 Å². The quantitative estimate of drug-likeness (QED) is 0.382. The van der Waals surface area contributed by atoms with Crippen LogP contribution in [0.15, 0.2) is 0 Å². The van der Waals surface area contributed by atoms with E-state index < -0.39 is 24.8 Å². The molecular formula is C13H26O5. The smallest absolute Gasteiger partial charge is 0.335 e. The summed E-state index contributed by atoms with van der Waals surface area (Å²) in [5.41, 5.74) is 0. The number of ether oxygens (including phenoxy) is 1. The molecule has 0 saturated heterocycles. The minimum absolute atomic E-state index is 0.275. The highest BCUT2D eigenvalue weighted by Crippen LogP contribution is 2.09. The Morgan fingerprint density at radius 3 is 2.33 bits per heavy atom. The van der Waals surface area contributed by atoms with Crippen LogP contribution in [0.5, 0.6) is 0 Å². The SMILES string of the molecule is CCCCCCCCC(O)C(=O)OCC(O)CO. The molecule has 18 heavy (non-hydrogen) atoms. The van der Waals surface area contributed by atoms with Gasteiger partial charge in [-0.15, -0.1) is 0 Å². The molecule has 0 radical (unpaired) electrons. The van der Waals surface area contributed by atoms with Gasteiger partial charge in [0.25, 0.3) is 0 Å². The first-order valence-corrected chi connectivity index (χ1v) is 6.75. The van der Waals surface area contributed by atoms with E-state index >= 15 is 0 Å². The van der Waals surface area contributed by atoms with Gasteiger partial charge in [0.15, 0.2) is 6.10 Å². The first-order valence-electron chi connectivity index (χ1n) is 6.75. The van der Waals surface area contributed by atoms with Crippen molar-refractivity contribution < 1.29 is 24.9 Å². The van der Waals surface area contributed by atoms with Crippen LogP contribution >= 0.6 is 0 Å². The molecule has 0 bridgehead atoms. The molecule has 0 aliphatic rings. The van der Waals surface area contributed by atoms with E-state index in [0.717, 1.165) is 19.3 Å². The second kappa shape index (κ2) is 11.4. The van der Waals surface area contributed by atoms with E-state index in [9.17, 15) is 9.90 Å². The summed E-state index contributed by atoms with van der Waals surface area (Å²) in [6.07, 6.45) is 4.73. The van der Waals surface area contributed by atoms with Gasteiger partial charge >= 0.3 is 5.97 Å². The van der Waals surface area contributed by atoms with Crippen molar-refractivity contribution >= 4 is 5.97 Å². The molecule has 0 saturated carbocycles. The van der Waals surface area contributed by atoms with Crippen molar-refractivity contribution in [3.05, 3.63) is 0 Å². The number of unbranched alkanes of at least 4 members (excludes halogenated alkanes) is 5. The first kappa shape index (κ1) is 17.4. The summed E-state index contributed by atoms with van der Waals surface area (Å²) in [4.78, 5) is 11.3. The predicted molar refractivity (Wildman–Crippen MR) is 68.1 cm³/mol. The lowest BCUT2D eigenvalue weighted by atomic mass is 10.1. The summed E-state index contributed by atoms with van der Waals surface area (Å²) in [6, 6.07) is 0. The standard InChI is InChI=1S/C13H26O5/c1-2-3-4-5-6-7-8-12(16)13(17)18-10-11(15)9-14/h11-12,14-16H,2-10H2,1H3. The van der Waals surface area contributed by atoms with E-state index in [1.807, 2.05) is 0 Å². The number of aliphatic hydroxyl groups excluding tert-OH is 3. The summed E-state index contributed by atoms with van der Waals surface area (Å²) in [6.45, 7) is 1.42. The van der Waals surface area contributed by atoms with Crippen LogP contribution in [0.2, 0.25) is 0 Å². The van der Waals surface area contributed by atoms with Crippen LogP contribution < -0.4 is 0 Å². The van der Waals surface area contributed by atoms with Crippen molar-refractivity contribution in [2.24, 2.45) is 0 Å². The maximum Gasteiger partial charge on any atom is 0.335 e. The largest absolute Gasteiger partial charge is 0.461 e. The summed E-state index contributed by atoms with van der Waals surface area (Å²) in [5, 5.41) is 27.0. The van der Waals surface area contributed by atoms with Crippen LogP contribution in [0.1, 0.15) is 51.9 Å². The number of hydrogen-bond acceptors (Lipinski definition) is 5. The number of carbonyl (C=O) groups excluding carboxylic acids is 1. The van der Waals surface area contributed by atoms with Crippen molar-refractivity contribution in [2.75, 3.05) is 13.2 Å². The zero-order valence-electron chi connectivity index (χ0n) is 11.2. The van der Waals surface area contributed by atoms with Gasteiger partial charge in [0.1, 0.15) is 12.7 Å². The molecule has 0 amide bonds. The van der Waals surface area contributed by atoms with E-state index in [2.05, 4.69) is 11.7 Å². The molecule has 0 spiro atoms. The molecule has 0 aromatic heterocycles. The van der Waals surface area contributed by atoms with Crippen LogP contribution in [-0.4, -0.2) is 46.7 Å². The summed E-state index contributed by atoms with van der Waals surface area (Å²) in [7, 11) is 0. The fourth-order valence-electron chi connectivity index (χ4n) is 1.56. The van der Waals surface area contributed by atoms with Crippen LogP contribution in [0.3, 0.4) is 0 Å². The van der Waals surface area contributed by atoms with Gasteiger partial charge in [-0.1, -0.05) is 45.4 Å². The van der Waals surface area contributed by atoms with Crippen molar-refractivity contribution in [3.63, 3.8) is 0 Å². The highest BCUT2D eigenvalue weighted by molar-refractivity contribution is 5.74. The molecule has 2 atom stereocenters. The second-order valence-electron chi connectivity index (χ2n) is 4.54. The minimum Gasteiger partial charge on any atom is -0.461 e. The molecule has 3 N–H and O–H groups in total. The molecule has 5 heteroatoms. The zero-order valence-corrected chi connectivity index (χ0v) is 11.2. The van der Waals surface area contributed by atoms with Gasteiger partial charge in [0.2, 0.25) is 0 Å². The van der Waals surface area contributed by atoms with Crippen molar-refractivity contribution in [3.8, 4) is 0 Å². The molecule has 0 aliphatic heterocycles. The Morgan fingerprint density at radius 2 is 1.72 bits per heavy atom. The topological polar surface area (TPSA) is 87.0 Å². The molecule has 0 aliphatic carbocycles. The monoisotopic (exact) mass is 262 g/mol. The Morgan fingerprint density at radius 1 is 1.11 bits per heavy atom. The average molecular weight is 262 g/mol. The van der Waals surface area contributed by atoms with Gasteiger partial charge in [0.05, 0.1) is 6.61 Å². The number of rotatable bonds is 11. The fourth-order valence-corrected chi connectivity index (χ4v) is 1.56. The fraction of sp³-hybridized carbons (Fsp3) is 0.923. The Bertz CT molecular complexity index is 208. The zero-order chi connectivity index (χ0) is 13.8. The third kappa shape index (κ3) is 9.39. The van der Waals surface area contributed by atoms with Crippen LogP contribution in [-0.2, 0) is 9.53 Å². The summed E-state index contributed by atoms with van der Waals surface area (Å²) < 4.78 is 4.65. The summed E-state index contributed by atoms with van der Waals surface area (Å²) in [5.74, 6) is -0.726. The summed E-state index contributed by atoms with van der Waals surface area (Å²) >= 11 is 0. The lowest BCUT2D eigenvalue weighted by Crippen LogP contribution is -2.28. The van der Waals surface area contributed by atoms with Gasteiger partial charge in [-0.3, -0.25) is 0 Å². The molecule has 5 nitrogen and oxygen atoms in total. The molecule has 0 rings (SSSR count). The number of carbonyl (C=O) groups is 1. The highest BCUT2D eigenvalue weighted by Gasteiger charge is 2.17. The first-order chi connectivity index (χ1) is 8.61. The molecule has 0 aromatic carbocycles. The second-order valence-corrected chi connectivity index (χ2v) is 4.54. The molecule has 0 fully saturated rings. The maximum absolute atomic E-state index is 11.3. The number of esters is 1. The minimum atomic E-state index is -1.12. The van der Waals surface area contributed by atoms with E-state index in [0.29, 0.717) is 6.42 Å². The Kier molecular flexibility index (Phi) is 11.0. The van der Waals surface area contributed by atoms with Gasteiger partial charge in [0, 0.05) is 0 Å². The normalized spacial score (nSPS) is 14.2. The lowest BCUT2D eigenvalue weighted by Gasteiger charge is -2.12. The van der Waals surface area contributed by atoms with E-state index in [4.69, 9.17) is 10.2 Å². The van der Waals surface area contributed by atoms with E-state index in [1.54, 1.807) is 0 Å². The van der Waals surface area contributed by atoms with Gasteiger partial charge < -0.3 is 20.1 Å². The average Bonchev–Trinajstić information content (AvgIpc) is 2.39. The Labute approximate surface area is 109 Å². The maximum atomic E-state index is 11.3. The predicted octanol–water partition coefficient (Wildman–Crippen LogP) is 0.994. The van der Waals surface area contributed by atoms with Gasteiger partial charge in [-0.05, 0) is 6.42 Å². The molecule has 0 aromatic rings. The van der Waals surface area contributed by atoms with Crippen LogP contribution in [0.25, 0.3) is 0 Å². The van der Waals surface area contributed by atoms with Crippen LogP contribution in [0, 0.1) is 0 Å². The lowest BCUT2D eigenvalue weighted by molar-refractivity contribution is -0.157. The molecule has 2 unspecified atom stereocenters. The number of aliphatic hydroxyl groups is 3. The van der Waals surface area contributed by atoms with Crippen molar-refractivity contribution in [1.29, 1.82) is 0 Å². The van der Waals surface area contributed by atoms with E-state index in [-0.39, 0.29) is 6.61 Å². The van der Waals surface area contributed by atoms with Crippen LogP contribution in [0.4, 0.5) is 0 Å². The molecule has 0 heterocycles. The molecule has 108 valence electrons. The third-order valence-corrected chi connectivity index (χ3v) is 2.73. The molecular weight excluding hydrogens is 236 g/mol. The third-order valence-electron chi connectivity index (χ3n) is 2.73. The Balaban J connectivity index is 3.50. The van der Waals surface area contributed by atoms with Gasteiger partial charge in [-0.2, -0.15) is 0 Å². The van der Waals surface area contributed by atoms with Crippen molar-refractivity contribution in [1.82, 2.24) is 0 Å². The highest BCUT2D eigenvalue weighted by atomic mass is 16.6. The van der Waals surface area contributed by atoms with E-state index in [1.165, 1.54) is 19.3 Å². The number of hydrogen-bond donors (Lipinski definition) is 3. The van der Waals surface area contributed by atoms with Gasteiger partial charge in [-0.25, -0.2) is 4.79 Å².